The van der Waals surface area contributed by atoms with E-state index in [2.05, 4.69) is 37.4 Å². The van der Waals surface area contributed by atoms with Crippen LogP contribution in [0.1, 0.15) is 31.7 Å². The van der Waals surface area contributed by atoms with E-state index in [0.29, 0.717) is 6.04 Å². The average Bonchev–Trinajstić information content (AvgIpc) is 2.40. The normalized spacial score (nSPS) is 16.6. The van der Waals surface area contributed by atoms with Crippen molar-refractivity contribution >= 4 is 5.69 Å². The minimum Gasteiger partial charge on any atom is -0.491 e. The number of hydrogen-bond donors (Lipinski definition) is 1. The van der Waals surface area contributed by atoms with Crippen molar-refractivity contribution in [2.75, 3.05) is 25.1 Å². The molecule has 0 radical (unpaired) electrons. The van der Waals surface area contributed by atoms with Crippen molar-refractivity contribution in [3.8, 4) is 5.75 Å². The molecule has 1 aromatic carbocycles. The van der Waals surface area contributed by atoms with Gasteiger partial charge in [0.1, 0.15) is 5.75 Å². The van der Waals surface area contributed by atoms with Gasteiger partial charge in [0.15, 0.2) is 0 Å². The van der Waals surface area contributed by atoms with Crippen LogP contribution in [0.4, 0.5) is 5.69 Å². The smallest absolute Gasteiger partial charge is 0.142 e. The molecule has 1 N–H and O–H groups in total. The molecule has 1 saturated heterocycles. The molecule has 0 atom stereocenters. The van der Waals surface area contributed by atoms with Gasteiger partial charge in [-0.05, 0) is 43.9 Å². The molecule has 0 aliphatic carbocycles. The lowest BCUT2D eigenvalue weighted by molar-refractivity contribution is 0.0904. The van der Waals surface area contributed by atoms with E-state index in [1.807, 2.05) is 0 Å². The topological polar surface area (TPSA) is 30.5 Å². The van der Waals surface area contributed by atoms with Gasteiger partial charge in [-0.3, -0.25) is 0 Å². The van der Waals surface area contributed by atoms with Crippen LogP contribution in [-0.4, -0.2) is 25.9 Å². The summed E-state index contributed by atoms with van der Waals surface area (Å²) >= 11 is 0. The molecule has 100 valence electrons. The third-order valence-corrected chi connectivity index (χ3v) is 3.18. The Kier molecular flexibility index (Phi) is 4.88. The Labute approximate surface area is 109 Å². The molecule has 0 amide bonds. The summed E-state index contributed by atoms with van der Waals surface area (Å²) in [6.45, 7) is 6.70. The first kappa shape index (κ1) is 13.2. The Morgan fingerprint density at radius 1 is 1.33 bits per heavy atom. The minimum atomic E-state index is 0.505. The van der Waals surface area contributed by atoms with E-state index < -0.39 is 0 Å². The zero-order chi connectivity index (χ0) is 12.8. The van der Waals surface area contributed by atoms with E-state index in [9.17, 15) is 0 Å². The molecule has 1 heterocycles. The van der Waals surface area contributed by atoms with Crippen molar-refractivity contribution < 1.29 is 9.47 Å². The molecule has 1 fully saturated rings. The molecule has 18 heavy (non-hydrogen) atoms. The van der Waals surface area contributed by atoms with Gasteiger partial charge in [-0.2, -0.15) is 0 Å². The summed E-state index contributed by atoms with van der Waals surface area (Å²) in [5.74, 6) is 0.975. The molecule has 2 rings (SSSR count). The monoisotopic (exact) mass is 249 g/mol. The van der Waals surface area contributed by atoms with Crippen LogP contribution in [0.3, 0.4) is 0 Å². The first-order chi connectivity index (χ1) is 8.79. The molecule has 0 bridgehead atoms. The van der Waals surface area contributed by atoms with Crippen molar-refractivity contribution in [3.05, 3.63) is 23.8 Å². The highest BCUT2D eigenvalue weighted by Gasteiger charge is 2.15. The number of hydrogen-bond acceptors (Lipinski definition) is 3. The van der Waals surface area contributed by atoms with Gasteiger partial charge in [-0.1, -0.05) is 13.0 Å². The van der Waals surface area contributed by atoms with E-state index in [1.54, 1.807) is 0 Å². The Balaban J connectivity index is 2.04. The summed E-state index contributed by atoms with van der Waals surface area (Å²) in [6.07, 6.45) is 3.17. The SMILES string of the molecule is CCCOc1cc(C)ccc1NC1CCOCC1. The second-order valence-electron chi connectivity index (χ2n) is 4.88. The van der Waals surface area contributed by atoms with Crippen LogP contribution in [0.5, 0.6) is 5.75 Å². The predicted molar refractivity (Wildman–Crippen MR) is 74.4 cm³/mol. The van der Waals surface area contributed by atoms with E-state index in [1.165, 1.54) is 5.56 Å². The predicted octanol–water partition coefficient (Wildman–Crippen LogP) is 3.37. The number of aryl methyl sites for hydroxylation is 1. The minimum absolute atomic E-state index is 0.505. The standard InChI is InChI=1S/C15H23NO2/c1-3-8-18-15-11-12(2)4-5-14(15)16-13-6-9-17-10-7-13/h4-5,11,13,16H,3,6-10H2,1-2H3. The Hall–Kier alpha value is -1.22. The summed E-state index contributed by atoms with van der Waals surface area (Å²) in [4.78, 5) is 0. The average molecular weight is 249 g/mol. The van der Waals surface area contributed by atoms with Crippen LogP contribution < -0.4 is 10.1 Å². The number of rotatable bonds is 5. The lowest BCUT2D eigenvalue weighted by Gasteiger charge is -2.25. The summed E-state index contributed by atoms with van der Waals surface area (Å²) in [5.41, 5.74) is 2.35. The lowest BCUT2D eigenvalue weighted by atomic mass is 10.1. The van der Waals surface area contributed by atoms with Crippen molar-refractivity contribution in [1.82, 2.24) is 0 Å². The van der Waals surface area contributed by atoms with Gasteiger partial charge in [-0.15, -0.1) is 0 Å². The van der Waals surface area contributed by atoms with Crippen LogP contribution in [-0.2, 0) is 4.74 Å². The van der Waals surface area contributed by atoms with Crippen molar-refractivity contribution in [1.29, 1.82) is 0 Å². The number of ether oxygens (including phenoxy) is 2. The first-order valence-corrected chi connectivity index (χ1v) is 6.87. The van der Waals surface area contributed by atoms with Crippen LogP contribution >= 0.6 is 0 Å². The highest BCUT2D eigenvalue weighted by atomic mass is 16.5. The van der Waals surface area contributed by atoms with Crippen LogP contribution in [0, 0.1) is 6.92 Å². The van der Waals surface area contributed by atoms with Crippen LogP contribution in [0.2, 0.25) is 0 Å². The van der Waals surface area contributed by atoms with E-state index in [4.69, 9.17) is 9.47 Å². The molecule has 1 aromatic rings. The van der Waals surface area contributed by atoms with Gasteiger partial charge in [0.25, 0.3) is 0 Å². The largest absolute Gasteiger partial charge is 0.491 e. The third kappa shape index (κ3) is 3.64. The fraction of sp³-hybridized carbons (Fsp3) is 0.600. The highest BCUT2D eigenvalue weighted by Crippen LogP contribution is 2.28. The zero-order valence-corrected chi connectivity index (χ0v) is 11.4. The van der Waals surface area contributed by atoms with Gasteiger partial charge in [0.05, 0.1) is 12.3 Å². The van der Waals surface area contributed by atoms with Gasteiger partial charge in [0, 0.05) is 19.3 Å². The van der Waals surface area contributed by atoms with Crippen molar-refractivity contribution in [2.24, 2.45) is 0 Å². The Morgan fingerprint density at radius 3 is 2.83 bits per heavy atom. The molecule has 0 saturated carbocycles. The first-order valence-electron chi connectivity index (χ1n) is 6.87. The molecule has 0 aromatic heterocycles. The summed E-state index contributed by atoms with van der Waals surface area (Å²) in [7, 11) is 0. The van der Waals surface area contributed by atoms with Gasteiger partial charge >= 0.3 is 0 Å². The highest BCUT2D eigenvalue weighted by molar-refractivity contribution is 5.58. The summed E-state index contributed by atoms with van der Waals surface area (Å²) in [5, 5.41) is 3.58. The molecular formula is C15H23NO2. The second kappa shape index (κ2) is 6.64. The maximum atomic E-state index is 5.81. The van der Waals surface area contributed by atoms with E-state index >= 15 is 0 Å². The Bertz CT molecular complexity index is 373. The second-order valence-corrected chi connectivity index (χ2v) is 4.88. The van der Waals surface area contributed by atoms with Crippen LogP contribution in [0.15, 0.2) is 18.2 Å². The molecular weight excluding hydrogens is 226 g/mol. The third-order valence-electron chi connectivity index (χ3n) is 3.18. The molecule has 3 nitrogen and oxygen atoms in total. The van der Waals surface area contributed by atoms with Gasteiger partial charge < -0.3 is 14.8 Å². The fourth-order valence-corrected chi connectivity index (χ4v) is 2.14. The van der Waals surface area contributed by atoms with Crippen LogP contribution in [0.25, 0.3) is 0 Å². The van der Waals surface area contributed by atoms with Gasteiger partial charge in [0.2, 0.25) is 0 Å². The van der Waals surface area contributed by atoms with Crippen molar-refractivity contribution in [3.63, 3.8) is 0 Å². The molecule has 3 heteroatoms. The number of benzene rings is 1. The zero-order valence-electron chi connectivity index (χ0n) is 11.4. The molecule has 1 aliphatic rings. The van der Waals surface area contributed by atoms with Gasteiger partial charge in [-0.25, -0.2) is 0 Å². The fourth-order valence-electron chi connectivity index (χ4n) is 2.14. The Morgan fingerprint density at radius 2 is 2.11 bits per heavy atom. The number of nitrogens with one attached hydrogen (secondary N) is 1. The molecule has 1 aliphatic heterocycles. The maximum absolute atomic E-state index is 5.81. The molecule has 0 spiro atoms. The quantitative estimate of drug-likeness (QED) is 0.867. The summed E-state index contributed by atoms with van der Waals surface area (Å²) in [6, 6.07) is 6.86. The number of anilines is 1. The van der Waals surface area contributed by atoms with Crippen molar-refractivity contribution in [2.45, 2.75) is 39.2 Å². The lowest BCUT2D eigenvalue weighted by Crippen LogP contribution is -2.28. The van der Waals surface area contributed by atoms with E-state index in [0.717, 1.165) is 50.5 Å². The maximum Gasteiger partial charge on any atom is 0.142 e. The summed E-state index contributed by atoms with van der Waals surface area (Å²) < 4.78 is 11.2. The molecule has 0 unspecified atom stereocenters. The van der Waals surface area contributed by atoms with E-state index in [-0.39, 0.29) is 0 Å².